The fourth-order valence-electron chi connectivity index (χ4n) is 3.01. The van der Waals surface area contributed by atoms with Crippen molar-refractivity contribution in [3.8, 4) is 0 Å². The maximum atomic E-state index is 13.8. The van der Waals surface area contributed by atoms with E-state index in [0.717, 1.165) is 23.4 Å². The number of hydrogen-bond donors (Lipinski definition) is 0. The highest BCUT2D eigenvalue weighted by Crippen LogP contribution is 2.27. The number of rotatable bonds is 2. The minimum atomic E-state index is -0.0942. The lowest BCUT2D eigenvalue weighted by molar-refractivity contribution is 0.322. The van der Waals surface area contributed by atoms with E-state index in [1.54, 1.807) is 12.1 Å². The third-order valence-corrected chi connectivity index (χ3v) is 3.92. The Balaban J connectivity index is 1.89. The molecule has 0 unspecified atom stereocenters. The molecular formula is C15H18FN. The Morgan fingerprint density at radius 3 is 2.76 bits per heavy atom. The first-order valence-corrected chi connectivity index (χ1v) is 6.58. The molecule has 1 aliphatic rings. The van der Waals surface area contributed by atoms with E-state index in [1.807, 2.05) is 18.3 Å². The van der Waals surface area contributed by atoms with Crippen LogP contribution in [0.4, 0.5) is 4.39 Å². The van der Waals surface area contributed by atoms with Gasteiger partial charge in [0.1, 0.15) is 5.82 Å². The second-order valence-corrected chi connectivity index (χ2v) is 5.15. The summed E-state index contributed by atoms with van der Waals surface area (Å²) < 4.78 is 15.9. The number of para-hydroxylation sites is 1. The zero-order valence-electron chi connectivity index (χ0n) is 10.0. The molecule has 2 aromatic rings. The fourth-order valence-corrected chi connectivity index (χ4v) is 3.01. The van der Waals surface area contributed by atoms with Gasteiger partial charge in [-0.3, -0.25) is 0 Å². The van der Waals surface area contributed by atoms with Gasteiger partial charge >= 0.3 is 0 Å². The highest BCUT2D eigenvalue weighted by atomic mass is 19.1. The topological polar surface area (TPSA) is 4.93 Å². The Hall–Kier alpha value is -1.31. The molecule has 0 bridgehead atoms. The van der Waals surface area contributed by atoms with Crippen LogP contribution in [0.5, 0.6) is 0 Å². The van der Waals surface area contributed by atoms with Crippen molar-refractivity contribution in [3.63, 3.8) is 0 Å². The summed E-state index contributed by atoms with van der Waals surface area (Å²) in [6, 6.07) is 7.33. The first kappa shape index (κ1) is 10.8. The van der Waals surface area contributed by atoms with Gasteiger partial charge in [0.25, 0.3) is 0 Å². The summed E-state index contributed by atoms with van der Waals surface area (Å²) in [7, 11) is 0. The van der Waals surface area contributed by atoms with Gasteiger partial charge in [-0.2, -0.15) is 0 Å². The van der Waals surface area contributed by atoms with Crippen LogP contribution in [0.1, 0.15) is 32.1 Å². The molecule has 90 valence electrons. The highest BCUT2D eigenvalue weighted by Gasteiger charge is 2.15. The minimum absolute atomic E-state index is 0.0942. The molecule has 0 spiro atoms. The SMILES string of the molecule is Fc1cccc2ccn(CC3CCCCC3)c12. The maximum absolute atomic E-state index is 13.8. The number of halogens is 1. The Bertz CT molecular complexity index is 509. The number of benzene rings is 1. The maximum Gasteiger partial charge on any atom is 0.147 e. The van der Waals surface area contributed by atoms with Gasteiger partial charge < -0.3 is 4.57 Å². The van der Waals surface area contributed by atoms with Gasteiger partial charge in [-0.25, -0.2) is 4.39 Å². The molecule has 0 saturated heterocycles. The molecule has 0 N–H and O–H groups in total. The van der Waals surface area contributed by atoms with E-state index in [9.17, 15) is 4.39 Å². The van der Waals surface area contributed by atoms with Gasteiger partial charge in [0, 0.05) is 18.1 Å². The number of fused-ring (bicyclic) bond motifs is 1. The van der Waals surface area contributed by atoms with E-state index in [0.29, 0.717) is 0 Å². The van der Waals surface area contributed by atoms with E-state index in [1.165, 1.54) is 32.1 Å². The van der Waals surface area contributed by atoms with Crippen molar-refractivity contribution < 1.29 is 4.39 Å². The van der Waals surface area contributed by atoms with Gasteiger partial charge in [-0.05, 0) is 30.9 Å². The molecule has 3 rings (SSSR count). The molecule has 1 heterocycles. The van der Waals surface area contributed by atoms with E-state index in [4.69, 9.17) is 0 Å². The van der Waals surface area contributed by atoms with Gasteiger partial charge in [-0.1, -0.05) is 31.4 Å². The Labute approximate surface area is 101 Å². The summed E-state index contributed by atoms with van der Waals surface area (Å²) in [6.45, 7) is 0.977. The molecule has 0 amide bonds. The van der Waals surface area contributed by atoms with Crippen molar-refractivity contribution in [2.75, 3.05) is 0 Å². The van der Waals surface area contributed by atoms with Crippen LogP contribution in [-0.2, 0) is 6.54 Å². The molecule has 0 radical (unpaired) electrons. The molecule has 1 fully saturated rings. The lowest BCUT2D eigenvalue weighted by Gasteiger charge is -2.22. The molecule has 1 aromatic heterocycles. The summed E-state index contributed by atoms with van der Waals surface area (Å²) >= 11 is 0. The van der Waals surface area contributed by atoms with Gasteiger partial charge in [0.15, 0.2) is 0 Å². The van der Waals surface area contributed by atoms with Crippen LogP contribution in [0, 0.1) is 11.7 Å². The second-order valence-electron chi connectivity index (χ2n) is 5.15. The predicted octanol–water partition coefficient (Wildman–Crippen LogP) is 4.36. The summed E-state index contributed by atoms with van der Waals surface area (Å²) in [5, 5.41) is 1.01. The molecule has 1 nitrogen and oxygen atoms in total. The van der Waals surface area contributed by atoms with Crippen LogP contribution >= 0.6 is 0 Å². The average Bonchev–Trinajstić information content (AvgIpc) is 2.75. The van der Waals surface area contributed by atoms with Crippen LogP contribution in [0.3, 0.4) is 0 Å². The number of hydrogen-bond acceptors (Lipinski definition) is 0. The van der Waals surface area contributed by atoms with E-state index < -0.39 is 0 Å². The molecule has 17 heavy (non-hydrogen) atoms. The highest BCUT2D eigenvalue weighted by molar-refractivity contribution is 5.80. The minimum Gasteiger partial charge on any atom is -0.345 e. The predicted molar refractivity (Wildman–Crippen MR) is 68.5 cm³/mol. The Morgan fingerprint density at radius 1 is 1.12 bits per heavy atom. The first-order valence-electron chi connectivity index (χ1n) is 6.58. The van der Waals surface area contributed by atoms with Crippen LogP contribution in [-0.4, -0.2) is 4.57 Å². The van der Waals surface area contributed by atoms with Crippen molar-refractivity contribution in [3.05, 3.63) is 36.3 Å². The number of nitrogens with zero attached hydrogens (tertiary/aromatic N) is 1. The monoisotopic (exact) mass is 231 g/mol. The normalized spacial score (nSPS) is 17.7. The Morgan fingerprint density at radius 2 is 1.94 bits per heavy atom. The van der Waals surface area contributed by atoms with Crippen molar-refractivity contribution in [1.82, 2.24) is 4.57 Å². The zero-order chi connectivity index (χ0) is 11.7. The summed E-state index contributed by atoms with van der Waals surface area (Å²) in [6.07, 6.45) is 8.68. The lowest BCUT2D eigenvalue weighted by atomic mass is 9.89. The molecule has 1 saturated carbocycles. The van der Waals surface area contributed by atoms with Crippen molar-refractivity contribution in [2.24, 2.45) is 5.92 Å². The van der Waals surface area contributed by atoms with Crippen LogP contribution in [0.15, 0.2) is 30.5 Å². The summed E-state index contributed by atoms with van der Waals surface area (Å²) in [5.41, 5.74) is 0.776. The third-order valence-electron chi connectivity index (χ3n) is 3.92. The lowest BCUT2D eigenvalue weighted by Crippen LogP contribution is -2.13. The largest absolute Gasteiger partial charge is 0.345 e. The van der Waals surface area contributed by atoms with Crippen LogP contribution in [0.25, 0.3) is 10.9 Å². The molecule has 2 heteroatoms. The third kappa shape index (κ3) is 2.08. The average molecular weight is 231 g/mol. The smallest absolute Gasteiger partial charge is 0.147 e. The fraction of sp³-hybridized carbons (Fsp3) is 0.467. The molecular weight excluding hydrogens is 213 g/mol. The summed E-state index contributed by atoms with van der Waals surface area (Å²) in [5.74, 6) is 0.641. The molecule has 0 aliphatic heterocycles. The molecule has 1 aromatic carbocycles. The van der Waals surface area contributed by atoms with E-state index >= 15 is 0 Å². The Kier molecular flexibility index (Phi) is 2.87. The number of aromatic nitrogens is 1. The van der Waals surface area contributed by atoms with Crippen molar-refractivity contribution in [2.45, 2.75) is 38.6 Å². The molecule has 0 atom stereocenters. The van der Waals surface area contributed by atoms with Gasteiger partial charge in [0.2, 0.25) is 0 Å². The first-order chi connectivity index (χ1) is 8.34. The zero-order valence-corrected chi connectivity index (χ0v) is 10.0. The van der Waals surface area contributed by atoms with Crippen LogP contribution in [0.2, 0.25) is 0 Å². The van der Waals surface area contributed by atoms with Crippen molar-refractivity contribution >= 4 is 10.9 Å². The quantitative estimate of drug-likeness (QED) is 0.723. The van der Waals surface area contributed by atoms with Gasteiger partial charge in [-0.15, -0.1) is 0 Å². The van der Waals surface area contributed by atoms with Gasteiger partial charge in [0.05, 0.1) is 5.52 Å². The van der Waals surface area contributed by atoms with E-state index in [2.05, 4.69) is 4.57 Å². The van der Waals surface area contributed by atoms with Crippen molar-refractivity contribution in [1.29, 1.82) is 0 Å². The van der Waals surface area contributed by atoms with Crippen LogP contribution < -0.4 is 0 Å². The molecule has 1 aliphatic carbocycles. The second kappa shape index (κ2) is 4.52. The van der Waals surface area contributed by atoms with E-state index in [-0.39, 0.29) is 5.82 Å². The summed E-state index contributed by atoms with van der Waals surface area (Å²) in [4.78, 5) is 0. The standard InChI is InChI=1S/C15H18FN/c16-14-8-4-7-13-9-10-17(15(13)14)11-12-5-2-1-3-6-12/h4,7-10,12H,1-3,5-6,11H2.